The first-order chi connectivity index (χ1) is 16.5. The molecule has 1 aliphatic carbocycles. The number of nitro groups is 1. The Kier molecular flexibility index (Phi) is 6.68. The van der Waals surface area contributed by atoms with Crippen molar-refractivity contribution in [3.8, 4) is 11.1 Å². The van der Waals surface area contributed by atoms with Gasteiger partial charge in [-0.3, -0.25) is 10.1 Å². The standard InChI is InChI=1S/C26H22N2O6/c1-33-25(29)23-15-18(28(31)32)13-12-17(23)7-6-14-27-26(30)34-16-24-21-10-4-2-8-19(21)20-9-3-5-11-22(20)24/h2-13,15,24H,14,16H2,1H3,(H,27,30). The molecule has 0 unspecified atom stereocenters. The maximum atomic E-state index is 12.3. The van der Waals surface area contributed by atoms with Crippen molar-refractivity contribution >= 4 is 23.8 Å². The van der Waals surface area contributed by atoms with Gasteiger partial charge in [0.1, 0.15) is 6.61 Å². The zero-order valence-electron chi connectivity index (χ0n) is 18.4. The Labute approximate surface area is 196 Å². The van der Waals surface area contributed by atoms with E-state index in [-0.39, 0.29) is 30.3 Å². The summed E-state index contributed by atoms with van der Waals surface area (Å²) in [5.41, 5.74) is 4.85. The predicted molar refractivity (Wildman–Crippen MR) is 127 cm³/mol. The summed E-state index contributed by atoms with van der Waals surface area (Å²) in [6.45, 7) is 0.354. The fourth-order valence-corrected chi connectivity index (χ4v) is 4.07. The number of hydrogen-bond donors (Lipinski definition) is 1. The third kappa shape index (κ3) is 4.66. The number of non-ortho nitro benzene ring substituents is 1. The molecule has 1 aliphatic rings. The molecule has 8 heteroatoms. The number of nitrogens with zero attached hydrogens (tertiary/aromatic N) is 1. The van der Waals surface area contributed by atoms with Gasteiger partial charge in [0.2, 0.25) is 0 Å². The molecule has 3 aromatic carbocycles. The number of rotatable bonds is 7. The minimum Gasteiger partial charge on any atom is -0.465 e. The Bertz CT molecular complexity index is 1240. The number of carbonyl (C=O) groups is 2. The molecule has 0 spiro atoms. The van der Waals surface area contributed by atoms with Crippen molar-refractivity contribution in [3.63, 3.8) is 0 Å². The van der Waals surface area contributed by atoms with Crippen LogP contribution in [0.15, 0.2) is 72.8 Å². The van der Waals surface area contributed by atoms with Gasteiger partial charge in [-0.15, -0.1) is 0 Å². The minimum atomic E-state index is -0.687. The number of nitro benzene ring substituents is 1. The van der Waals surface area contributed by atoms with E-state index in [0.717, 1.165) is 28.3 Å². The largest absolute Gasteiger partial charge is 0.465 e. The first kappa shape index (κ1) is 22.7. The Hall–Kier alpha value is -4.46. The number of fused-ring (bicyclic) bond motifs is 3. The summed E-state index contributed by atoms with van der Waals surface area (Å²) >= 11 is 0. The smallest absolute Gasteiger partial charge is 0.407 e. The highest BCUT2D eigenvalue weighted by molar-refractivity contribution is 5.94. The van der Waals surface area contributed by atoms with Crippen molar-refractivity contribution in [2.24, 2.45) is 0 Å². The number of nitrogens with one attached hydrogen (secondary N) is 1. The van der Waals surface area contributed by atoms with Crippen molar-refractivity contribution in [1.82, 2.24) is 5.32 Å². The van der Waals surface area contributed by atoms with Crippen LogP contribution >= 0.6 is 0 Å². The lowest BCUT2D eigenvalue weighted by Crippen LogP contribution is -2.26. The molecule has 3 aromatic rings. The Balaban J connectivity index is 1.36. The molecule has 0 atom stereocenters. The van der Waals surface area contributed by atoms with Crippen LogP contribution < -0.4 is 5.32 Å². The van der Waals surface area contributed by atoms with E-state index in [0.29, 0.717) is 5.56 Å². The van der Waals surface area contributed by atoms with E-state index in [1.54, 1.807) is 12.2 Å². The first-order valence-corrected chi connectivity index (χ1v) is 10.6. The SMILES string of the molecule is COC(=O)c1cc([N+](=O)[O-])ccc1C=CCNC(=O)OCC1c2ccccc2-c2ccccc21. The van der Waals surface area contributed by atoms with Crippen LogP contribution in [0.4, 0.5) is 10.5 Å². The second kappa shape index (κ2) is 9.99. The number of hydrogen-bond acceptors (Lipinski definition) is 6. The molecule has 0 heterocycles. The topological polar surface area (TPSA) is 108 Å². The third-order valence-electron chi connectivity index (χ3n) is 5.66. The van der Waals surface area contributed by atoms with E-state index in [4.69, 9.17) is 9.47 Å². The van der Waals surface area contributed by atoms with Crippen LogP contribution in [0.1, 0.15) is 33.0 Å². The van der Waals surface area contributed by atoms with Gasteiger partial charge in [0.05, 0.1) is 17.6 Å². The van der Waals surface area contributed by atoms with Gasteiger partial charge < -0.3 is 14.8 Å². The maximum absolute atomic E-state index is 12.3. The average Bonchev–Trinajstić information content (AvgIpc) is 3.18. The molecule has 34 heavy (non-hydrogen) atoms. The van der Waals surface area contributed by atoms with Crippen LogP contribution in [0.25, 0.3) is 17.2 Å². The highest BCUT2D eigenvalue weighted by Gasteiger charge is 2.28. The van der Waals surface area contributed by atoms with Crippen molar-refractivity contribution < 1.29 is 24.0 Å². The molecule has 0 bridgehead atoms. The summed E-state index contributed by atoms with van der Waals surface area (Å²) in [4.78, 5) is 34.6. The molecule has 0 saturated heterocycles. The van der Waals surface area contributed by atoms with E-state index in [1.807, 2.05) is 36.4 Å². The number of benzene rings is 3. The zero-order valence-corrected chi connectivity index (χ0v) is 18.4. The molecular weight excluding hydrogens is 436 g/mol. The van der Waals surface area contributed by atoms with Crippen LogP contribution in [0.3, 0.4) is 0 Å². The van der Waals surface area contributed by atoms with Gasteiger partial charge in [0.25, 0.3) is 5.69 Å². The molecule has 1 amide bonds. The molecule has 0 fully saturated rings. The number of ether oxygens (including phenoxy) is 2. The third-order valence-corrected chi connectivity index (χ3v) is 5.66. The molecule has 8 nitrogen and oxygen atoms in total. The molecule has 0 radical (unpaired) electrons. The van der Waals surface area contributed by atoms with Crippen LogP contribution in [-0.4, -0.2) is 37.2 Å². The molecule has 1 N–H and O–H groups in total. The van der Waals surface area contributed by atoms with Gasteiger partial charge >= 0.3 is 12.1 Å². The van der Waals surface area contributed by atoms with Crippen molar-refractivity contribution in [2.75, 3.05) is 20.3 Å². The first-order valence-electron chi connectivity index (χ1n) is 10.6. The molecule has 0 saturated carbocycles. The lowest BCUT2D eigenvalue weighted by atomic mass is 9.98. The second-order valence-corrected chi connectivity index (χ2v) is 7.63. The van der Waals surface area contributed by atoms with Gasteiger partial charge in [-0.05, 0) is 33.9 Å². The maximum Gasteiger partial charge on any atom is 0.407 e. The summed E-state index contributed by atoms with van der Waals surface area (Å²) in [5.74, 6) is -0.718. The minimum absolute atomic E-state index is 0.0311. The number of amides is 1. The van der Waals surface area contributed by atoms with Crippen molar-refractivity contribution in [2.45, 2.75) is 5.92 Å². The fraction of sp³-hybridized carbons (Fsp3) is 0.154. The van der Waals surface area contributed by atoms with Gasteiger partial charge in [-0.2, -0.15) is 0 Å². The average molecular weight is 458 g/mol. The molecule has 0 aromatic heterocycles. The summed E-state index contributed by atoms with van der Waals surface area (Å²) in [6, 6.07) is 20.1. The normalized spacial score (nSPS) is 12.1. The summed E-state index contributed by atoms with van der Waals surface area (Å²) in [6.07, 6.45) is 2.64. The summed E-state index contributed by atoms with van der Waals surface area (Å²) in [5, 5.41) is 13.6. The molecular formula is C26H22N2O6. The van der Waals surface area contributed by atoms with Gasteiger partial charge in [0.15, 0.2) is 0 Å². The number of methoxy groups -OCH3 is 1. The number of alkyl carbamates (subject to hydrolysis) is 1. The lowest BCUT2D eigenvalue weighted by molar-refractivity contribution is -0.384. The van der Waals surface area contributed by atoms with E-state index in [9.17, 15) is 19.7 Å². The Morgan fingerprint density at radius 3 is 2.29 bits per heavy atom. The number of esters is 1. The van der Waals surface area contributed by atoms with E-state index in [1.165, 1.54) is 19.2 Å². The Morgan fingerprint density at radius 1 is 1.03 bits per heavy atom. The number of carbonyl (C=O) groups excluding carboxylic acids is 2. The van der Waals surface area contributed by atoms with Gasteiger partial charge in [-0.1, -0.05) is 60.7 Å². The van der Waals surface area contributed by atoms with Crippen LogP contribution in [0, 0.1) is 10.1 Å². The summed E-state index contributed by atoms with van der Waals surface area (Å²) < 4.78 is 10.2. The fourth-order valence-electron chi connectivity index (χ4n) is 4.07. The predicted octanol–water partition coefficient (Wildman–Crippen LogP) is 4.93. The van der Waals surface area contributed by atoms with Gasteiger partial charge in [0, 0.05) is 24.6 Å². The second-order valence-electron chi connectivity index (χ2n) is 7.63. The van der Waals surface area contributed by atoms with E-state index >= 15 is 0 Å². The molecule has 0 aliphatic heterocycles. The van der Waals surface area contributed by atoms with Crippen LogP contribution in [0.2, 0.25) is 0 Å². The van der Waals surface area contributed by atoms with Crippen molar-refractivity contribution in [1.29, 1.82) is 0 Å². The monoisotopic (exact) mass is 458 g/mol. The molecule has 4 rings (SSSR count). The van der Waals surface area contributed by atoms with Gasteiger partial charge in [-0.25, -0.2) is 9.59 Å². The Morgan fingerprint density at radius 2 is 1.68 bits per heavy atom. The lowest BCUT2D eigenvalue weighted by Gasteiger charge is -2.14. The highest BCUT2D eigenvalue weighted by atomic mass is 16.6. The van der Waals surface area contributed by atoms with E-state index in [2.05, 4.69) is 17.4 Å². The highest BCUT2D eigenvalue weighted by Crippen LogP contribution is 2.44. The molecule has 172 valence electrons. The van der Waals surface area contributed by atoms with Crippen molar-refractivity contribution in [3.05, 3.63) is 105 Å². The van der Waals surface area contributed by atoms with Crippen LogP contribution in [0.5, 0.6) is 0 Å². The van der Waals surface area contributed by atoms with Crippen LogP contribution in [-0.2, 0) is 9.47 Å². The quantitative estimate of drug-likeness (QED) is 0.305. The summed E-state index contributed by atoms with van der Waals surface area (Å²) in [7, 11) is 1.20. The zero-order chi connectivity index (χ0) is 24.1. The van der Waals surface area contributed by atoms with E-state index < -0.39 is 17.0 Å².